The van der Waals surface area contributed by atoms with Crippen LogP contribution in [0.15, 0.2) is 18.0 Å². The highest BCUT2D eigenvalue weighted by atomic mass is 32.1. The minimum atomic E-state index is 0.00101. The van der Waals surface area contributed by atoms with Gasteiger partial charge in [-0.15, -0.1) is 11.7 Å². The first-order chi connectivity index (χ1) is 10.7. The van der Waals surface area contributed by atoms with Crippen molar-refractivity contribution in [1.29, 1.82) is 0 Å². The molecule has 7 heteroatoms. The Morgan fingerprint density at radius 3 is 2.95 bits per heavy atom. The SMILES string of the molecule is C=CCN1CCOCC2(CCN(C(=O)c3csnn3)CC2)C1. The second-order valence-electron chi connectivity index (χ2n) is 6.16. The molecule has 6 nitrogen and oxygen atoms in total. The molecule has 1 aromatic rings. The van der Waals surface area contributed by atoms with Gasteiger partial charge in [-0.25, -0.2) is 0 Å². The van der Waals surface area contributed by atoms with E-state index in [2.05, 4.69) is 21.1 Å². The summed E-state index contributed by atoms with van der Waals surface area (Å²) in [4.78, 5) is 16.6. The fourth-order valence-electron chi connectivity index (χ4n) is 3.33. The smallest absolute Gasteiger partial charge is 0.275 e. The highest BCUT2D eigenvalue weighted by molar-refractivity contribution is 7.03. The lowest BCUT2D eigenvalue weighted by Crippen LogP contribution is -2.49. The van der Waals surface area contributed by atoms with Crippen molar-refractivity contribution >= 4 is 17.4 Å². The van der Waals surface area contributed by atoms with Gasteiger partial charge in [0.25, 0.3) is 5.91 Å². The Morgan fingerprint density at radius 1 is 1.45 bits per heavy atom. The van der Waals surface area contributed by atoms with Crippen LogP contribution >= 0.6 is 11.5 Å². The first-order valence-electron chi connectivity index (χ1n) is 7.70. The summed E-state index contributed by atoms with van der Waals surface area (Å²) >= 11 is 1.22. The summed E-state index contributed by atoms with van der Waals surface area (Å²) in [7, 11) is 0. The molecule has 2 aliphatic rings. The molecule has 0 aliphatic carbocycles. The van der Waals surface area contributed by atoms with E-state index in [-0.39, 0.29) is 11.3 Å². The first kappa shape index (κ1) is 15.6. The number of carbonyl (C=O) groups excluding carboxylic acids is 1. The van der Waals surface area contributed by atoms with Crippen LogP contribution in [0.1, 0.15) is 23.3 Å². The molecule has 2 aliphatic heterocycles. The van der Waals surface area contributed by atoms with Crippen molar-refractivity contribution in [3.05, 3.63) is 23.7 Å². The molecule has 120 valence electrons. The van der Waals surface area contributed by atoms with E-state index < -0.39 is 0 Å². The van der Waals surface area contributed by atoms with E-state index in [1.54, 1.807) is 5.38 Å². The Balaban J connectivity index is 1.62. The second-order valence-corrected chi connectivity index (χ2v) is 6.77. The van der Waals surface area contributed by atoms with Crippen molar-refractivity contribution in [2.24, 2.45) is 5.41 Å². The van der Waals surface area contributed by atoms with Crippen LogP contribution < -0.4 is 0 Å². The Bertz CT molecular complexity index is 512. The standard InChI is InChI=1S/C15H22N4O2S/c1-2-5-18-8-9-21-12-15(11-18)3-6-19(7-4-15)14(20)13-10-22-17-16-13/h2,10H,1,3-9,11-12H2. The van der Waals surface area contributed by atoms with Crippen LogP contribution in [0, 0.1) is 5.41 Å². The summed E-state index contributed by atoms with van der Waals surface area (Å²) in [5.41, 5.74) is 0.628. The van der Waals surface area contributed by atoms with Crippen molar-refractivity contribution < 1.29 is 9.53 Å². The molecule has 1 spiro atoms. The van der Waals surface area contributed by atoms with Crippen molar-refractivity contribution in [2.75, 3.05) is 45.9 Å². The van der Waals surface area contributed by atoms with Crippen LogP contribution in [-0.2, 0) is 4.74 Å². The summed E-state index contributed by atoms with van der Waals surface area (Å²) in [6, 6.07) is 0. The molecule has 2 saturated heterocycles. The van der Waals surface area contributed by atoms with Crippen molar-refractivity contribution in [2.45, 2.75) is 12.8 Å². The molecule has 22 heavy (non-hydrogen) atoms. The number of likely N-dealkylation sites (tertiary alicyclic amines) is 1. The molecule has 1 amide bonds. The maximum atomic E-state index is 12.3. The lowest BCUT2D eigenvalue weighted by Gasteiger charge is -2.42. The number of ether oxygens (including phenoxy) is 1. The zero-order valence-electron chi connectivity index (χ0n) is 12.7. The molecule has 0 unspecified atom stereocenters. The lowest BCUT2D eigenvalue weighted by atomic mass is 9.78. The van der Waals surface area contributed by atoms with Gasteiger partial charge < -0.3 is 9.64 Å². The van der Waals surface area contributed by atoms with E-state index in [0.717, 1.165) is 58.8 Å². The van der Waals surface area contributed by atoms with E-state index >= 15 is 0 Å². The fourth-order valence-corrected chi connectivity index (χ4v) is 3.76. The second kappa shape index (κ2) is 6.85. The number of aromatic nitrogens is 2. The van der Waals surface area contributed by atoms with E-state index in [9.17, 15) is 4.79 Å². The first-order valence-corrected chi connectivity index (χ1v) is 8.53. The largest absolute Gasteiger partial charge is 0.379 e. The number of hydrogen-bond donors (Lipinski definition) is 0. The summed E-state index contributed by atoms with van der Waals surface area (Å²) < 4.78 is 9.60. The summed E-state index contributed by atoms with van der Waals surface area (Å²) in [5.74, 6) is 0.00101. The molecular weight excluding hydrogens is 300 g/mol. The van der Waals surface area contributed by atoms with Gasteiger partial charge in [-0.05, 0) is 24.4 Å². The molecule has 2 fully saturated rings. The van der Waals surface area contributed by atoms with Gasteiger partial charge in [0.1, 0.15) is 0 Å². The number of piperidine rings is 1. The number of hydrogen-bond acceptors (Lipinski definition) is 6. The average molecular weight is 322 g/mol. The van der Waals surface area contributed by atoms with Gasteiger partial charge in [0.15, 0.2) is 5.69 Å². The zero-order chi connectivity index (χ0) is 15.4. The highest BCUT2D eigenvalue weighted by Gasteiger charge is 2.39. The van der Waals surface area contributed by atoms with Crippen molar-refractivity contribution in [3.63, 3.8) is 0 Å². The zero-order valence-corrected chi connectivity index (χ0v) is 13.6. The van der Waals surface area contributed by atoms with Crippen LogP contribution in [0.5, 0.6) is 0 Å². The van der Waals surface area contributed by atoms with Crippen LogP contribution in [-0.4, -0.2) is 71.2 Å². The van der Waals surface area contributed by atoms with Crippen molar-refractivity contribution in [1.82, 2.24) is 19.4 Å². The van der Waals surface area contributed by atoms with Gasteiger partial charge in [-0.3, -0.25) is 9.69 Å². The third kappa shape index (κ3) is 3.37. The average Bonchev–Trinajstić information content (AvgIpc) is 3.00. The van der Waals surface area contributed by atoms with Crippen LogP contribution in [0.3, 0.4) is 0 Å². The molecule has 0 radical (unpaired) electrons. The molecule has 0 saturated carbocycles. The predicted octanol–water partition coefficient (Wildman–Crippen LogP) is 1.28. The number of rotatable bonds is 3. The number of nitrogens with zero attached hydrogens (tertiary/aromatic N) is 4. The third-order valence-electron chi connectivity index (χ3n) is 4.60. The van der Waals surface area contributed by atoms with Crippen LogP contribution in [0.4, 0.5) is 0 Å². The van der Waals surface area contributed by atoms with E-state index in [1.165, 1.54) is 11.5 Å². The Kier molecular flexibility index (Phi) is 4.85. The van der Waals surface area contributed by atoms with E-state index in [0.29, 0.717) is 5.69 Å². The molecule has 0 atom stereocenters. The summed E-state index contributed by atoms with van der Waals surface area (Å²) in [6.07, 6.45) is 3.90. The predicted molar refractivity (Wildman–Crippen MR) is 84.9 cm³/mol. The topological polar surface area (TPSA) is 58.6 Å². The summed E-state index contributed by atoms with van der Waals surface area (Å²) in [5, 5.41) is 5.60. The molecular formula is C15H22N4O2S. The summed E-state index contributed by atoms with van der Waals surface area (Å²) in [6.45, 7) is 9.83. The van der Waals surface area contributed by atoms with Gasteiger partial charge in [0.2, 0.25) is 0 Å². The van der Waals surface area contributed by atoms with Crippen LogP contribution in [0.2, 0.25) is 0 Å². The Hall–Kier alpha value is -1.31. The third-order valence-corrected chi connectivity index (χ3v) is 5.10. The minimum Gasteiger partial charge on any atom is -0.379 e. The van der Waals surface area contributed by atoms with Gasteiger partial charge in [0.05, 0.1) is 13.2 Å². The number of amides is 1. The molecule has 3 heterocycles. The highest BCUT2D eigenvalue weighted by Crippen LogP contribution is 2.34. The Labute approximate surface area is 134 Å². The van der Waals surface area contributed by atoms with Crippen LogP contribution in [0.25, 0.3) is 0 Å². The monoisotopic (exact) mass is 322 g/mol. The lowest BCUT2D eigenvalue weighted by molar-refractivity contribution is 0.0153. The minimum absolute atomic E-state index is 0.00101. The fraction of sp³-hybridized carbons (Fsp3) is 0.667. The van der Waals surface area contributed by atoms with Gasteiger partial charge >= 0.3 is 0 Å². The normalized spacial score (nSPS) is 22.5. The maximum Gasteiger partial charge on any atom is 0.275 e. The molecule has 0 N–H and O–H groups in total. The van der Waals surface area contributed by atoms with Crippen molar-refractivity contribution in [3.8, 4) is 0 Å². The molecule has 0 aromatic carbocycles. The maximum absolute atomic E-state index is 12.3. The van der Waals surface area contributed by atoms with Gasteiger partial charge in [0, 0.05) is 43.5 Å². The van der Waals surface area contributed by atoms with E-state index in [1.807, 2.05) is 11.0 Å². The molecule has 3 rings (SSSR count). The van der Waals surface area contributed by atoms with Gasteiger partial charge in [-0.1, -0.05) is 10.6 Å². The molecule has 1 aromatic heterocycles. The van der Waals surface area contributed by atoms with Gasteiger partial charge in [-0.2, -0.15) is 0 Å². The Morgan fingerprint density at radius 2 is 2.27 bits per heavy atom. The quantitative estimate of drug-likeness (QED) is 0.785. The number of carbonyl (C=O) groups is 1. The van der Waals surface area contributed by atoms with E-state index in [4.69, 9.17) is 4.74 Å². The molecule has 0 bridgehead atoms.